The maximum Gasteiger partial charge on any atom is 0.229 e. The molecule has 0 bridgehead atoms. The number of amides is 2. The zero-order valence-electron chi connectivity index (χ0n) is 15.4. The van der Waals surface area contributed by atoms with Crippen molar-refractivity contribution in [3.8, 4) is 11.5 Å². The number of benzene rings is 2. The second-order valence-electron chi connectivity index (χ2n) is 6.40. The number of hydrogen-bond donors (Lipinski definition) is 1. The summed E-state index contributed by atoms with van der Waals surface area (Å²) in [4.78, 5) is 26.7. The molecule has 0 aromatic heterocycles. The Morgan fingerprint density at radius 2 is 1.89 bits per heavy atom. The van der Waals surface area contributed by atoms with Gasteiger partial charge >= 0.3 is 0 Å². The van der Waals surface area contributed by atoms with Gasteiger partial charge in [0.1, 0.15) is 0 Å². The highest BCUT2D eigenvalue weighted by molar-refractivity contribution is 14.1. The van der Waals surface area contributed by atoms with Crippen LogP contribution >= 0.6 is 22.6 Å². The molecule has 0 aliphatic carbocycles. The molecule has 0 radical (unpaired) electrons. The van der Waals surface area contributed by atoms with Crippen molar-refractivity contribution in [2.45, 2.75) is 13.3 Å². The molecule has 1 aliphatic heterocycles. The molecular formula is C20H21IN2O4. The van der Waals surface area contributed by atoms with Gasteiger partial charge in [-0.25, -0.2) is 0 Å². The third-order valence-electron chi connectivity index (χ3n) is 4.61. The van der Waals surface area contributed by atoms with Crippen LogP contribution in [0.2, 0.25) is 0 Å². The molecule has 1 aliphatic rings. The highest BCUT2D eigenvalue weighted by atomic mass is 127. The lowest BCUT2D eigenvalue weighted by atomic mass is 10.1. The number of halogens is 1. The zero-order chi connectivity index (χ0) is 19.6. The first-order chi connectivity index (χ1) is 12.9. The topological polar surface area (TPSA) is 67.9 Å². The summed E-state index contributed by atoms with van der Waals surface area (Å²) < 4.78 is 11.6. The third-order valence-corrected chi connectivity index (χ3v) is 5.78. The molecule has 142 valence electrons. The molecule has 2 aromatic carbocycles. The van der Waals surface area contributed by atoms with Gasteiger partial charge in [0.25, 0.3) is 0 Å². The molecule has 6 nitrogen and oxygen atoms in total. The number of ether oxygens (including phenoxy) is 2. The van der Waals surface area contributed by atoms with Crippen molar-refractivity contribution in [1.29, 1.82) is 0 Å². The molecule has 27 heavy (non-hydrogen) atoms. The van der Waals surface area contributed by atoms with Gasteiger partial charge < -0.3 is 19.7 Å². The molecule has 1 N–H and O–H groups in total. The van der Waals surface area contributed by atoms with E-state index in [1.54, 1.807) is 37.3 Å². The van der Waals surface area contributed by atoms with Crippen molar-refractivity contribution in [2.75, 3.05) is 31.0 Å². The van der Waals surface area contributed by atoms with Gasteiger partial charge in [0.05, 0.1) is 20.1 Å². The Morgan fingerprint density at radius 1 is 1.15 bits per heavy atom. The number of methoxy groups -OCH3 is 2. The second-order valence-corrected chi connectivity index (χ2v) is 7.56. The molecule has 3 rings (SSSR count). The van der Waals surface area contributed by atoms with Crippen LogP contribution in [0, 0.1) is 16.4 Å². The Morgan fingerprint density at radius 3 is 2.56 bits per heavy atom. The van der Waals surface area contributed by atoms with Crippen LogP contribution in [0.15, 0.2) is 36.4 Å². The Hall–Kier alpha value is -2.29. The highest BCUT2D eigenvalue weighted by Gasteiger charge is 2.35. The minimum atomic E-state index is -0.399. The van der Waals surface area contributed by atoms with E-state index in [-0.39, 0.29) is 18.2 Å². The number of nitrogens with one attached hydrogen (secondary N) is 1. The lowest BCUT2D eigenvalue weighted by molar-refractivity contribution is -0.122. The number of hydrogen-bond acceptors (Lipinski definition) is 4. The van der Waals surface area contributed by atoms with E-state index in [4.69, 9.17) is 9.47 Å². The van der Waals surface area contributed by atoms with Gasteiger partial charge in [-0.05, 0) is 59.3 Å². The van der Waals surface area contributed by atoms with Crippen molar-refractivity contribution >= 4 is 45.8 Å². The monoisotopic (exact) mass is 480 g/mol. The maximum atomic E-state index is 12.6. The van der Waals surface area contributed by atoms with Gasteiger partial charge in [-0.3, -0.25) is 9.59 Å². The molecule has 2 aromatic rings. The molecule has 1 heterocycles. The Balaban J connectivity index is 1.73. The van der Waals surface area contributed by atoms with Crippen molar-refractivity contribution in [3.05, 3.63) is 45.5 Å². The maximum absolute atomic E-state index is 12.6. The first-order valence-electron chi connectivity index (χ1n) is 8.52. The Labute approximate surface area is 172 Å². The molecule has 0 saturated carbocycles. The van der Waals surface area contributed by atoms with E-state index >= 15 is 0 Å². The fourth-order valence-corrected chi connectivity index (χ4v) is 3.56. The summed E-state index contributed by atoms with van der Waals surface area (Å²) in [7, 11) is 3.11. The van der Waals surface area contributed by atoms with Crippen LogP contribution in [0.5, 0.6) is 11.5 Å². The Kier molecular flexibility index (Phi) is 5.88. The van der Waals surface area contributed by atoms with Gasteiger partial charge in [0, 0.05) is 34.0 Å². The van der Waals surface area contributed by atoms with Crippen LogP contribution in [0.3, 0.4) is 0 Å². The van der Waals surface area contributed by atoms with E-state index in [0.717, 1.165) is 14.8 Å². The van der Waals surface area contributed by atoms with Gasteiger partial charge in [0.15, 0.2) is 11.5 Å². The molecular weight excluding hydrogens is 459 g/mol. The molecule has 1 unspecified atom stereocenters. The zero-order valence-corrected chi connectivity index (χ0v) is 17.6. The van der Waals surface area contributed by atoms with Crippen LogP contribution in [0.1, 0.15) is 12.0 Å². The lowest BCUT2D eigenvalue weighted by Gasteiger charge is -2.18. The standard InChI is InChI=1S/C20H21IN2O4/c1-12-4-5-14(9-16(12)21)22-20(25)13-8-19(24)23(11-13)15-6-7-17(26-2)18(10-15)27-3/h4-7,9-10,13H,8,11H2,1-3H3,(H,22,25). The first-order valence-corrected chi connectivity index (χ1v) is 9.60. The number of aryl methyl sites for hydroxylation is 1. The average molecular weight is 480 g/mol. The smallest absolute Gasteiger partial charge is 0.229 e. The van der Waals surface area contributed by atoms with E-state index < -0.39 is 5.92 Å². The quantitative estimate of drug-likeness (QED) is 0.665. The first kappa shape index (κ1) is 19.5. The summed E-state index contributed by atoms with van der Waals surface area (Å²) in [6.07, 6.45) is 0.184. The summed E-state index contributed by atoms with van der Waals surface area (Å²) in [5, 5.41) is 2.92. The third kappa shape index (κ3) is 4.18. The predicted octanol–water partition coefficient (Wildman–Crippen LogP) is 3.61. The van der Waals surface area contributed by atoms with E-state index in [0.29, 0.717) is 23.7 Å². The minimum absolute atomic E-state index is 0.0825. The normalized spacial score (nSPS) is 16.4. The molecule has 1 saturated heterocycles. The van der Waals surface area contributed by atoms with Crippen LogP contribution in [-0.2, 0) is 9.59 Å². The summed E-state index contributed by atoms with van der Waals surface area (Å²) in [5.41, 5.74) is 2.59. The van der Waals surface area contributed by atoms with E-state index in [9.17, 15) is 9.59 Å². The molecule has 2 amide bonds. The SMILES string of the molecule is COc1ccc(N2CC(C(=O)Nc3ccc(C)c(I)c3)CC2=O)cc1OC. The Bertz CT molecular complexity index is 884. The minimum Gasteiger partial charge on any atom is -0.493 e. The van der Waals surface area contributed by atoms with Gasteiger partial charge in [-0.15, -0.1) is 0 Å². The lowest BCUT2D eigenvalue weighted by Crippen LogP contribution is -2.28. The largest absolute Gasteiger partial charge is 0.493 e. The number of carbonyl (C=O) groups is 2. The van der Waals surface area contributed by atoms with Gasteiger partial charge in [-0.2, -0.15) is 0 Å². The average Bonchev–Trinajstić information content (AvgIpc) is 3.06. The van der Waals surface area contributed by atoms with Crippen molar-refractivity contribution in [1.82, 2.24) is 0 Å². The molecule has 1 atom stereocenters. The van der Waals surface area contributed by atoms with Crippen LogP contribution in [-0.4, -0.2) is 32.6 Å². The van der Waals surface area contributed by atoms with Gasteiger partial charge in [0.2, 0.25) is 11.8 Å². The van der Waals surface area contributed by atoms with Crippen LogP contribution in [0.25, 0.3) is 0 Å². The molecule has 7 heteroatoms. The number of carbonyl (C=O) groups excluding carboxylic acids is 2. The van der Waals surface area contributed by atoms with Crippen molar-refractivity contribution in [3.63, 3.8) is 0 Å². The number of rotatable bonds is 5. The predicted molar refractivity (Wildman–Crippen MR) is 113 cm³/mol. The van der Waals surface area contributed by atoms with E-state index in [1.807, 2.05) is 25.1 Å². The van der Waals surface area contributed by atoms with Crippen LogP contribution in [0.4, 0.5) is 11.4 Å². The van der Waals surface area contributed by atoms with Gasteiger partial charge in [-0.1, -0.05) is 6.07 Å². The fraction of sp³-hybridized carbons (Fsp3) is 0.300. The van der Waals surface area contributed by atoms with E-state index in [1.165, 1.54) is 0 Å². The number of anilines is 2. The summed E-state index contributed by atoms with van der Waals surface area (Å²) >= 11 is 2.24. The van der Waals surface area contributed by atoms with E-state index in [2.05, 4.69) is 27.9 Å². The fourth-order valence-electron chi connectivity index (χ4n) is 3.04. The molecule has 1 fully saturated rings. The second kappa shape index (κ2) is 8.16. The van der Waals surface area contributed by atoms with Crippen LogP contribution < -0.4 is 19.7 Å². The molecule has 0 spiro atoms. The highest BCUT2D eigenvalue weighted by Crippen LogP contribution is 2.34. The van der Waals surface area contributed by atoms with Crippen molar-refractivity contribution < 1.29 is 19.1 Å². The summed E-state index contributed by atoms with van der Waals surface area (Å²) in [5.74, 6) is 0.512. The summed E-state index contributed by atoms with van der Waals surface area (Å²) in [6.45, 7) is 2.35. The van der Waals surface area contributed by atoms with Crippen molar-refractivity contribution in [2.24, 2.45) is 5.92 Å². The summed E-state index contributed by atoms with van der Waals surface area (Å²) in [6, 6.07) is 11.1. The number of nitrogens with zero attached hydrogens (tertiary/aromatic N) is 1.